The molecule has 7 nitrogen and oxygen atoms in total. The minimum Gasteiger partial charge on any atom is -0.345 e. The molecule has 1 amide bonds. The molecule has 1 atom stereocenters. The Morgan fingerprint density at radius 1 is 1.09 bits per heavy atom. The normalized spacial score (nSPS) is 15.9. The van der Waals surface area contributed by atoms with Crippen molar-refractivity contribution >= 4 is 26.8 Å². The summed E-state index contributed by atoms with van der Waals surface area (Å²) in [5.74, 6) is -0.508. The molecule has 1 aliphatic heterocycles. The summed E-state index contributed by atoms with van der Waals surface area (Å²) in [7, 11) is -3.74. The van der Waals surface area contributed by atoms with Crippen molar-refractivity contribution < 1.29 is 13.2 Å². The third-order valence-electron chi connectivity index (χ3n) is 6.47. The van der Waals surface area contributed by atoms with Gasteiger partial charge < -0.3 is 9.88 Å². The predicted molar refractivity (Wildman–Crippen MR) is 138 cm³/mol. The molecule has 0 spiro atoms. The summed E-state index contributed by atoms with van der Waals surface area (Å²) in [6.45, 7) is 6.93. The zero-order valence-corrected chi connectivity index (χ0v) is 20.8. The fourth-order valence-corrected chi connectivity index (χ4v) is 6.06. The van der Waals surface area contributed by atoms with Gasteiger partial charge in [-0.15, -0.1) is 6.58 Å². The minimum absolute atomic E-state index is 0.0357. The molecule has 1 saturated heterocycles. The number of allylic oxidation sites excluding steroid dienone is 1. The van der Waals surface area contributed by atoms with Gasteiger partial charge in [0.05, 0.1) is 16.5 Å². The van der Waals surface area contributed by atoms with Crippen LogP contribution in [0.4, 0.5) is 0 Å². The third-order valence-corrected chi connectivity index (χ3v) is 8.37. The molecule has 35 heavy (non-hydrogen) atoms. The van der Waals surface area contributed by atoms with Crippen LogP contribution in [0.25, 0.3) is 10.9 Å². The van der Waals surface area contributed by atoms with E-state index in [1.807, 2.05) is 37.3 Å². The molecule has 0 unspecified atom stereocenters. The maximum atomic E-state index is 13.4. The van der Waals surface area contributed by atoms with E-state index in [4.69, 9.17) is 0 Å². The first-order valence-corrected chi connectivity index (χ1v) is 13.4. The van der Waals surface area contributed by atoms with Gasteiger partial charge in [-0.1, -0.05) is 49.2 Å². The summed E-state index contributed by atoms with van der Waals surface area (Å²) in [6, 6.07) is 13.8. The average molecular weight is 494 g/mol. The molecule has 3 aromatic rings. The standard InChI is InChI=1S/C27H31N3O4S/c1-3-15-29-19-24(27(32)28-20(2)21-11-7-6-8-12-21)26(31)23-18-22(13-14-25(23)29)35(33,34)30-16-9-4-5-10-17-30/h3,6-8,11-14,18-20H,1,4-5,9-10,15-17H2,2H3,(H,28,32)/t20-/m1/s1. The number of carbonyl (C=O) groups is 1. The molecule has 2 heterocycles. The number of aromatic nitrogens is 1. The second kappa shape index (κ2) is 10.6. The average Bonchev–Trinajstić information content (AvgIpc) is 3.16. The molecule has 0 aliphatic carbocycles. The number of amides is 1. The van der Waals surface area contributed by atoms with Gasteiger partial charge in [-0.3, -0.25) is 9.59 Å². The fourth-order valence-electron chi connectivity index (χ4n) is 4.52. The van der Waals surface area contributed by atoms with Crippen molar-refractivity contribution in [2.24, 2.45) is 0 Å². The van der Waals surface area contributed by atoms with Gasteiger partial charge in [0.15, 0.2) is 0 Å². The lowest BCUT2D eigenvalue weighted by molar-refractivity contribution is 0.0938. The Hall–Kier alpha value is -3.23. The van der Waals surface area contributed by atoms with Crippen LogP contribution in [0, 0.1) is 0 Å². The van der Waals surface area contributed by atoms with Crippen LogP contribution in [0.3, 0.4) is 0 Å². The van der Waals surface area contributed by atoms with Gasteiger partial charge in [0.25, 0.3) is 5.91 Å². The van der Waals surface area contributed by atoms with E-state index < -0.39 is 21.4 Å². The first-order chi connectivity index (χ1) is 16.8. The van der Waals surface area contributed by atoms with Crippen molar-refractivity contribution in [3.63, 3.8) is 0 Å². The van der Waals surface area contributed by atoms with Crippen LogP contribution in [0.5, 0.6) is 0 Å². The van der Waals surface area contributed by atoms with E-state index in [1.165, 1.54) is 16.6 Å². The molecule has 0 radical (unpaired) electrons. The molecule has 184 valence electrons. The summed E-state index contributed by atoms with van der Waals surface area (Å²) < 4.78 is 29.9. The van der Waals surface area contributed by atoms with Crippen molar-refractivity contribution in [1.29, 1.82) is 0 Å². The summed E-state index contributed by atoms with van der Waals surface area (Å²) in [5, 5.41) is 3.08. The number of rotatable bonds is 7. The molecule has 2 aromatic carbocycles. The molecule has 0 bridgehead atoms. The number of carbonyl (C=O) groups excluding carboxylic acids is 1. The Morgan fingerprint density at radius 3 is 2.43 bits per heavy atom. The van der Waals surface area contributed by atoms with E-state index in [-0.39, 0.29) is 21.9 Å². The number of nitrogens with one attached hydrogen (secondary N) is 1. The van der Waals surface area contributed by atoms with Crippen LogP contribution in [-0.4, -0.2) is 36.3 Å². The Labute approximate surface area is 206 Å². The predicted octanol–water partition coefficient (Wildman–Crippen LogP) is 4.24. The number of pyridine rings is 1. The molecule has 0 saturated carbocycles. The highest BCUT2D eigenvalue weighted by Gasteiger charge is 2.26. The maximum absolute atomic E-state index is 13.4. The monoisotopic (exact) mass is 493 g/mol. The highest BCUT2D eigenvalue weighted by molar-refractivity contribution is 7.89. The molecular formula is C27H31N3O4S. The third kappa shape index (κ3) is 5.23. The van der Waals surface area contributed by atoms with Crippen molar-refractivity contribution in [3.05, 3.63) is 88.7 Å². The maximum Gasteiger partial charge on any atom is 0.257 e. The Morgan fingerprint density at radius 2 is 1.77 bits per heavy atom. The summed E-state index contributed by atoms with van der Waals surface area (Å²) in [5.41, 5.74) is 0.939. The molecule has 1 aromatic heterocycles. The number of fused-ring (bicyclic) bond motifs is 1. The van der Waals surface area contributed by atoms with Crippen LogP contribution >= 0.6 is 0 Å². The van der Waals surface area contributed by atoms with Gasteiger partial charge in [-0.25, -0.2) is 8.42 Å². The first-order valence-electron chi connectivity index (χ1n) is 12.0. The number of sulfonamides is 1. The van der Waals surface area contributed by atoms with E-state index in [1.54, 1.807) is 22.8 Å². The second-order valence-electron chi connectivity index (χ2n) is 8.92. The fraction of sp³-hybridized carbons (Fsp3) is 0.333. The molecule has 8 heteroatoms. The van der Waals surface area contributed by atoms with Gasteiger partial charge >= 0.3 is 0 Å². The molecular weight excluding hydrogens is 462 g/mol. The Bertz CT molecular complexity index is 1390. The smallest absolute Gasteiger partial charge is 0.257 e. The van der Waals surface area contributed by atoms with Gasteiger partial charge in [-0.2, -0.15) is 4.31 Å². The van der Waals surface area contributed by atoms with Gasteiger partial charge in [0.2, 0.25) is 15.5 Å². The number of hydrogen-bond acceptors (Lipinski definition) is 4. The lowest BCUT2D eigenvalue weighted by atomic mass is 10.1. The summed E-state index contributed by atoms with van der Waals surface area (Å²) in [6.07, 6.45) is 6.85. The molecule has 4 rings (SSSR count). The largest absolute Gasteiger partial charge is 0.345 e. The lowest BCUT2D eigenvalue weighted by Crippen LogP contribution is -2.33. The molecule has 1 N–H and O–H groups in total. The van der Waals surface area contributed by atoms with Gasteiger partial charge in [-0.05, 0) is 43.5 Å². The quantitative estimate of drug-likeness (QED) is 0.499. The SMILES string of the molecule is C=CCn1cc(C(=O)N[C@H](C)c2ccccc2)c(=O)c2cc(S(=O)(=O)N3CCCCCC3)ccc21. The first kappa shape index (κ1) is 24.9. The van der Waals surface area contributed by atoms with Crippen molar-refractivity contribution in [2.75, 3.05) is 13.1 Å². The van der Waals surface area contributed by atoms with E-state index in [9.17, 15) is 18.0 Å². The van der Waals surface area contributed by atoms with Crippen LogP contribution < -0.4 is 10.7 Å². The van der Waals surface area contributed by atoms with Gasteiger partial charge in [0.1, 0.15) is 5.56 Å². The van der Waals surface area contributed by atoms with E-state index >= 15 is 0 Å². The van der Waals surface area contributed by atoms with Gasteiger partial charge in [0, 0.05) is 31.2 Å². The number of hydrogen-bond donors (Lipinski definition) is 1. The second-order valence-corrected chi connectivity index (χ2v) is 10.9. The minimum atomic E-state index is -3.74. The lowest BCUT2D eigenvalue weighted by Gasteiger charge is -2.20. The highest BCUT2D eigenvalue weighted by atomic mass is 32.2. The number of benzene rings is 2. The highest BCUT2D eigenvalue weighted by Crippen LogP contribution is 2.24. The van der Waals surface area contributed by atoms with Crippen molar-refractivity contribution in [2.45, 2.75) is 50.1 Å². The van der Waals surface area contributed by atoms with E-state index in [2.05, 4.69) is 11.9 Å². The van der Waals surface area contributed by atoms with Crippen molar-refractivity contribution in [1.82, 2.24) is 14.2 Å². The van der Waals surface area contributed by atoms with Crippen LogP contribution in [0.15, 0.2) is 77.1 Å². The Balaban J connectivity index is 1.76. The van der Waals surface area contributed by atoms with Crippen LogP contribution in [0.2, 0.25) is 0 Å². The number of nitrogens with zero attached hydrogens (tertiary/aromatic N) is 2. The topological polar surface area (TPSA) is 88.5 Å². The summed E-state index contributed by atoms with van der Waals surface area (Å²) in [4.78, 5) is 26.7. The zero-order valence-electron chi connectivity index (χ0n) is 19.9. The zero-order chi connectivity index (χ0) is 25.0. The van der Waals surface area contributed by atoms with E-state index in [0.717, 1.165) is 31.2 Å². The Kier molecular flexibility index (Phi) is 7.52. The van der Waals surface area contributed by atoms with Crippen molar-refractivity contribution in [3.8, 4) is 0 Å². The van der Waals surface area contributed by atoms with Crippen LogP contribution in [-0.2, 0) is 16.6 Å². The van der Waals surface area contributed by atoms with E-state index in [0.29, 0.717) is 25.2 Å². The van der Waals surface area contributed by atoms with Crippen LogP contribution in [0.1, 0.15) is 54.6 Å². The summed E-state index contributed by atoms with van der Waals surface area (Å²) >= 11 is 0. The molecule has 1 aliphatic rings. The molecule has 1 fully saturated rings.